The fourth-order valence-corrected chi connectivity index (χ4v) is 5.72. The third kappa shape index (κ3) is 7.52. The summed E-state index contributed by atoms with van der Waals surface area (Å²) >= 11 is 5.99. The van der Waals surface area contributed by atoms with Crippen LogP contribution in [0.2, 0.25) is 5.02 Å². The molecule has 3 aromatic rings. The second kappa shape index (κ2) is 13.5. The quantitative estimate of drug-likeness (QED) is 0.337. The molecule has 3 aromatic carbocycles. The van der Waals surface area contributed by atoms with Crippen molar-refractivity contribution in [1.29, 1.82) is 0 Å². The topological polar surface area (TPSA) is 96.0 Å². The van der Waals surface area contributed by atoms with Crippen molar-refractivity contribution in [3.05, 3.63) is 88.9 Å². The molecule has 0 aliphatic heterocycles. The summed E-state index contributed by atoms with van der Waals surface area (Å²) in [6, 6.07) is 19.1. The molecular weight excluding hydrogens is 538 g/mol. The number of carbonyl (C=O) groups excluding carboxylic acids is 2. The fourth-order valence-electron chi connectivity index (χ4n) is 4.18. The van der Waals surface area contributed by atoms with Gasteiger partial charge in [0, 0.05) is 18.1 Å². The van der Waals surface area contributed by atoms with Gasteiger partial charge in [-0.1, -0.05) is 42.8 Å². The minimum atomic E-state index is -4.15. The lowest BCUT2D eigenvalue weighted by atomic mass is 10.1. The SMILES string of the molecule is CCNC(=O)[C@@H](CC)N(Cc1ccc(OC)cc1)C(=O)CN(c1cccc(C)c1)S(=O)(=O)c1ccc(Cl)cc1. The van der Waals surface area contributed by atoms with Crippen molar-refractivity contribution >= 4 is 39.1 Å². The standard InChI is InChI=1S/C29H34ClN3O5S/c1-5-27(29(35)31-6-2)32(19-22-10-14-25(38-4)15-11-22)28(34)20-33(24-9-7-8-21(3)18-24)39(36,37)26-16-12-23(30)13-17-26/h7-18,27H,5-6,19-20H2,1-4H3,(H,31,35)/t27-/m1/s1. The Balaban J connectivity index is 2.05. The maximum Gasteiger partial charge on any atom is 0.264 e. The molecule has 0 fully saturated rings. The number of rotatable bonds is 12. The summed E-state index contributed by atoms with van der Waals surface area (Å²) in [5.74, 6) is -0.153. The first-order valence-corrected chi connectivity index (χ1v) is 14.5. The molecule has 8 nitrogen and oxygen atoms in total. The number of aryl methyl sites for hydroxylation is 1. The molecule has 39 heavy (non-hydrogen) atoms. The van der Waals surface area contributed by atoms with E-state index in [1.807, 2.05) is 32.0 Å². The van der Waals surface area contributed by atoms with Crippen LogP contribution in [0, 0.1) is 6.92 Å². The van der Waals surface area contributed by atoms with Crippen molar-refractivity contribution in [2.75, 3.05) is 24.5 Å². The van der Waals surface area contributed by atoms with Crippen molar-refractivity contribution in [1.82, 2.24) is 10.2 Å². The largest absolute Gasteiger partial charge is 0.497 e. The fraction of sp³-hybridized carbons (Fsp3) is 0.310. The minimum Gasteiger partial charge on any atom is -0.497 e. The first-order valence-electron chi connectivity index (χ1n) is 12.7. The number of halogens is 1. The predicted octanol–water partition coefficient (Wildman–Crippen LogP) is 4.80. The third-order valence-corrected chi connectivity index (χ3v) is 8.26. The highest BCUT2D eigenvalue weighted by atomic mass is 35.5. The number of methoxy groups -OCH3 is 1. The Labute approximate surface area is 235 Å². The highest BCUT2D eigenvalue weighted by molar-refractivity contribution is 7.92. The van der Waals surface area contributed by atoms with Crippen LogP contribution in [0.1, 0.15) is 31.4 Å². The highest BCUT2D eigenvalue weighted by Gasteiger charge is 2.33. The smallest absolute Gasteiger partial charge is 0.264 e. The molecule has 1 N–H and O–H groups in total. The van der Waals surface area contributed by atoms with E-state index in [-0.39, 0.29) is 17.3 Å². The maximum absolute atomic E-state index is 14.0. The van der Waals surface area contributed by atoms with E-state index < -0.39 is 28.5 Å². The summed E-state index contributed by atoms with van der Waals surface area (Å²) in [5.41, 5.74) is 1.95. The van der Waals surface area contributed by atoms with Crippen LogP contribution in [0.4, 0.5) is 5.69 Å². The van der Waals surface area contributed by atoms with Crippen molar-refractivity contribution in [2.45, 2.75) is 44.7 Å². The highest BCUT2D eigenvalue weighted by Crippen LogP contribution is 2.26. The molecule has 0 bridgehead atoms. The van der Waals surface area contributed by atoms with Gasteiger partial charge in [-0.3, -0.25) is 13.9 Å². The van der Waals surface area contributed by atoms with Gasteiger partial charge in [0.2, 0.25) is 11.8 Å². The molecule has 0 saturated heterocycles. The number of amides is 2. The zero-order valence-electron chi connectivity index (χ0n) is 22.6. The average Bonchev–Trinajstić information content (AvgIpc) is 2.92. The molecule has 0 radical (unpaired) electrons. The number of hydrogen-bond donors (Lipinski definition) is 1. The molecule has 0 heterocycles. The van der Waals surface area contributed by atoms with E-state index in [1.54, 1.807) is 44.4 Å². The number of nitrogens with zero attached hydrogens (tertiary/aromatic N) is 2. The van der Waals surface area contributed by atoms with E-state index in [0.29, 0.717) is 29.4 Å². The van der Waals surface area contributed by atoms with Gasteiger partial charge < -0.3 is 15.0 Å². The molecule has 0 aliphatic carbocycles. The number of hydrogen-bond acceptors (Lipinski definition) is 5. The Morgan fingerprint density at radius 1 is 1.00 bits per heavy atom. The van der Waals surface area contributed by atoms with Gasteiger partial charge in [0.15, 0.2) is 0 Å². The molecule has 3 rings (SSSR count). The molecule has 0 saturated carbocycles. The Kier molecular flexibility index (Phi) is 10.4. The number of carbonyl (C=O) groups is 2. The zero-order valence-corrected chi connectivity index (χ0v) is 24.1. The average molecular weight is 572 g/mol. The van der Waals surface area contributed by atoms with Crippen molar-refractivity contribution < 1.29 is 22.7 Å². The van der Waals surface area contributed by atoms with Crippen LogP contribution in [0.5, 0.6) is 5.75 Å². The van der Waals surface area contributed by atoms with Gasteiger partial charge in [0.05, 0.1) is 17.7 Å². The van der Waals surface area contributed by atoms with E-state index in [9.17, 15) is 18.0 Å². The number of sulfonamides is 1. The van der Waals surface area contributed by atoms with Gasteiger partial charge in [-0.15, -0.1) is 0 Å². The first kappa shape index (κ1) is 30.0. The number of nitrogens with one attached hydrogen (secondary N) is 1. The summed E-state index contributed by atoms with van der Waals surface area (Å²) in [5, 5.41) is 3.19. The van der Waals surface area contributed by atoms with Crippen molar-refractivity contribution in [3.63, 3.8) is 0 Å². The zero-order chi connectivity index (χ0) is 28.6. The number of ether oxygens (including phenoxy) is 1. The van der Waals surface area contributed by atoms with Crippen LogP contribution in [0.25, 0.3) is 0 Å². The van der Waals surface area contributed by atoms with Crippen LogP contribution in [0.15, 0.2) is 77.7 Å². The number of benzene rings is 3. The lowest BCUT2D eigenvalue weighted by Crippen LogP contribution is -2.52. The normalized spacial score (nSPS) is 11.9. The Morgan fingerprint density at radius 3 is 2.23 bits per heavy atom. The van der Waals surface area contributed by atoms with Gasteiger partial charge >= 0.3 is 0 Å². The van der Waals surface area contributed by atoms with Gasteiger partial charge in [-0.05, 0) is 79.9 Å². The molecule has 0 spiro atoms. The predicted molar refractivity (Wildman–Crippen MR) is 153 cm³/mol. The Bertz CT molecular complexity index is 1380. The number of anilines is 1. The molecule has 0 unspecified atom stereocenters. The van der Waals surface area contributed by atoms with Gasteiger partial charge in [0.25, 0.3) is 10.0 Å². The van der Waals surface area contributed by atoms with Crippen LogP contribution < -0.4 is 14.4 Å². The summed E-state index contributed by atoms with van der Waals surface area (Å²) < 4.78 is 34.0. The van der Waals surface area contributed by atoms with Crippen molar-refractivity contribution in [2.24, 2.45) is 0 Å². The van der Waals surface area contributed by atoms with E-state index in [4.69, 9.17) is 16.3 Å². The van der Waals surface area contributed by atoms with Crippen LogP contribution in [0.3, 0.4) is 0 Å². The lowest BCUT2D eigenvalue weighted by molar-refractivity contribution is -0.140. The van der Waals surface area contributed by atoms with E-state index in [0.717, 1.165) is 15.4 Å². The monoisotopic (exact) mass is 571 g/mol. The summed E-state index contributed by atoms with van der Waals surface area (Å²) in [7, 11) is -2.59. The van der Waals surface area contributed by atoms with E-state index in [2.05, 4.69) is 5.32 Å². The Morgan fingerprint density at radius 2 is 1.67 bits per heavy atom. The summed E-state index contributed by atoms with van der Waals surface area (Å²) in [6.07, 6.45) is 0.349. The maximum atomic E-state index is 14.0. The second-order valence-corrected chi connectivity index (χ2v) is 11.3. The second-order valence-electron chi connectivity index (χ2n) is 8.99. The number of likely N-dealkylation sites (N-methyl/N-ethyl adjacent to an activating group) is 1. The first-order chi connectivity index (χ1) is 18.6. The van der Waals surface area contributed by atoms with E-state index >= 15 is 0 Å². The van der Waals surface area contributed by atoms with Crippen LogP contribution in [-0.4, -0.2) is 51.4 Å². The molecular formula is C29H34ClN3O5S. The van der Waals surface area contributed by atoms with Crippen LogP contribution in [-0.2, 0) is 26.2 Å². The molecule has 208 valence electrons. The van der Waals surface area contributed by atoms with Gasteiger partial charge in [-0.25, -0.2) is 8.42 Å². The summed E-state index contributed by atoms with van der Waals surface area (Å²) in [4.78, 5) is 28.4. The third-order valence-electron chi connectivity index (χ3n) is 6.22. The lowest BCUT2D eigenvalue weighted by Gasteiger charge is -2.33. The molecule has 0 aliphatic rings. The molecule has 0 aromatic heterocycles. The minimum absolute atomic E-state index is 0.00122. The Hall–Kier alpha value is -3.56. The van der Waals surface area contributed by atoms with Crippen molar-refractivity contribution in [3.8, 4) is 5.75 Å². The van der Waals surface area contributed by atoms with E-state index in [1.165, 1.54) is 29.2 Å². The molecule has 10 heteroatoms. The molecule has 2 amide bonds. The van der Waals surface area contributed by atoms with Gasteiger partial charge in [0.1, 0.15) is 18.3 Å². The molecule has 1 atom stereocenters. The summed E-state index contributed by atoms with van der Waals surface area (Å²) in [6.45, 7) is 5.48. The van der Waals surface area contributed by atoms with Crippen LogP contribution >= 0.6 is 11.6 Å². The van der Waals surface area contributed by atoms with Gasteiger partial charge in [-0.2, -0.15) is 0 Å².